The van der Waals surface area contributed by atoms with Crippen molar-refractivity contribution in [2.24, 2.45) is 0 Å². The topological polar surface area (TPSA) is 56.7 Å². The number of methoxy groups -OCH3 is 3. The van der Waals surface area contributed by atoms with Gasteiger partial charge >= 0.3 is 0 Å². The van der Waals surface area contributed by atoms with Gasteiger partial charge in [-0.25, -0.2) is 9.97 Å². The number of ether oxygens (including phenoxy) is 3. The van der Waals surface area contributed by atoms with Crippen LogP contribution in [0.5, 0.6) is 17.2 Å². The number of thiophene rings is 1. The first kappa shape index (κ1) is 18.0. The summed E-state index contributed by atoms with van der Waals surface area (Å²) >= 11 is 1.64. The van der Waals surface area contributed by atoms with Crippen LogP contribution >= 0.6 is 11.3 Å². The molecule has 0 saturated carbocycles. The van der Waals surface area contributed by atoms with Gasteiger partial charge in [0.15, 0.2) is 17.3 Å². The van der Waals surface area contributed by atoms with E-state index in [-0.39, 0.29) is 0 Å². The minimum atomic E-state index is 0.568. The highest BCUT2D eigenvalue weighted by Gasteiger charge is 2.13. The van der Waals surface area contributed by atoms with Crippen LogP contribution in [-0.4, -0.2) is 45.4 Å². The number of nitrogens with zero attached hydrogens (tertiary/aromatic N) is 3. The Labute approximate surface area is 156 Å². The standard InChI is InChI=1S/C19H21N3O3S/c1-22(2)19-18-13(8-9-26-18)20-16(21-19)7-6-12-10-14(23-3)17(25-5)15(11-12)24-4/h6-11H,1-5H3/b7-6+. The molecule has 2 heterocycles. The zero-order valence-electron chi connectivity index (χ0n) is 15.4. The van der Waals surface area contributed by atoms with E-state index in [1.165, 1.54) is 0 Å². The van der Waals surface area contributed by atoms with Gasteiger partial charge in [0.25, 0.3) is 0 Å². The molecule has 3 rings (SSSR count). The van der Waals surface area contributed by atoms with E-state index >= 15 is 0 Å². The molecule has 1 aromatic carbocycles. The summed E-state index contributed by atoms with van der Waals surface area (Å²) in [5.74, 6) is 3.34. The summed E-state index contributed by atoms with van der Waals surface area (Å²) in [5.41, 5.74) is 1.85. The van der Waals surface area contributed by atoms with Crippen molar-refractivity contribution in [3.8, 4) is 17.2 Å². The zero-order chi connectivity index (χ0) is 18.7. The predicted octanol–water partition coefficient (Wildman–Crippen LogP) is 3.95. The van der Waals surface area contributed by atoms with Crippen molar-refractivity contribution in [1.82, 2.24) is 9.97 Å². The lowest BCUT2D eigenvalue weighted by atomic mass is 10.1. The Bertz CT molecular complexity index is 925. The lowest BCUT2D eigenvalue weighted by molar-refractivity contribution is 0.324. The molecule has 0 aliphatic rings. The SMILES string of the molecule is COc1cc(/C=C/c2nc(N(C)C)c3sccc3n2)cc(OC)c1OC. The Morgan fingerprint density at radius 1 is 0.962 bits per heavy atom. The van der Waals surface area contributed by atoms with Crippen molar-refractivity contribution in [1.29, 1.82) is 0 Å². The molecule has 2 aromatic heterocycles. The van der Waals surface area contributed by atoms with Crippen molar-refractivity contribution >= 4 is 39.5 Å². The Morgan fingerprint density at radius 2 is 1.65 bits per heavy atom. The second-order valence-electron chi connectivity index (χ2n) is 5.73. The largest absolute Gasteiger partial charge is 0.493 e. The van der Waals surface area contributed by atoms with Crippen molar-refractivity contribution in [2.75, 3.05) is 40.3 Å². The van der Waals surface area contributed by atoms with E-state index in [1.54, 1.807) is 32.7 Å². The maximum absolute atomic E-state index is 5.39. The molecule has 0 N–H and O–H groups in total. The molecular formula is C19H21N3O3S. The van der Waals surface area contributed by atoms with Gasteiger partial charge in [-0.1, -0.05) is 6.08 Å². The van der Waals surface area contributed by atoms with Crippen molar-refractivity contribution in [3.05, 3.63) is 35.0 Å². The molecule has 0 unspecified atom stereocenters. The van der Waals surface area contributed by atoms with Crippen molar-refractivity contribution < 1.29 is 14.2 Å². The third kappa shape index (κ3) is 3.43. The summed E-state index contributed by atoms with van der Waals surface area (Å²) in [4.78, 5) is 11.3. The molecule has 3 aromatic rings. The predicted molar refractivity (Wildman–Crippen MR) is 107 cm³/mol. The van der Waals surface area contributed by atoms with E-state index in [2.05, 4.69) is 9.97 Å². The molecule has 0 amide bonds. The van der Waals surface area contributed by atoms with Crippen LogP contribution < -0.4 is 19.1 Å². The summed E-state index contributed by atoms with van der Waals surface area (Å²) in [6.07, 6.45) is 3.81. The van der Waals surface area contributed by atoms with Gasteiger partial charge in [-0.3, -0.25) is 0 Å². The van der Waals surface area contributed by atoms with Crippen LogP contribution in [0, 0.1) is 0 Å². The van der Waals surface area contributed by atoms with Gasteiger partial charge < -0.3 is 19.1 Å². The fourth-order valence-electron chi connectivity index (χ4n) is 2.61. The van der Waals surface area contributed by atoms with Gasteiger partial charge in [-0.05, 0) is 35.2 Å². The average molecular weight is 371 g/mol. The molecular weight excluding hydrogens is 350 g/mol. The van der Waals surface area contributed by atoms with Crippen LogP contribution in [0.15, 0.2) is 23.6 Å². The van der Waals surface area contributed by atoms with E-state index in [4.69, 9.17) is 14.2 Å². The van der Waals surface area contributed by atoms with Gasteiger partial charge in [0.05, 0.1) is 31.5 Å². The van der Waals surface area contributed by atoms with Crippen LogP contribution in [0.4, 0.5) is 5.82 Å². The molecule has 0 radical (unpaired) electrons. The molecule has 0 bridgehead atoms. The highest BCUT2D eigenvalue weighted by Crippen LogP contribution is 2.38. The number of fused-ring (bicyclic) bond motifs is 1. The minimum Gasteiger partial charge on any atom is -0.493 e. The first-order valence-corrected chi connectivity index (χ1v) is 8.86. The summed E-state index contributed by atoms with van der Waals surface area (Å²) in [6, 6.07) is 5.77. The summed E-state index contributed by atoms with van der Waals surface area (Å²) in [6.45, 7) is 0. The number of anilines is 1. The lowest BCUT2D eigenvalue weighted by Gasteiger charge is -2.13. The van der Waals surface area contributed by atoms with E-state index in [0.29, 0.717) is 23.1 Å². The third-order valence-electron chi connectivity index (χ3n) is 3.84. The minimum absolute atomic E-state index is 0.568. The number of aromatic nitrogens is 2. The first-order valence-electron chi connectivity index (χ1n) is 7.98. The Balaban J connectivity index is 2.01. The smallest absolute Gasteiger partial charge is 0.203 e. The number of rotatable bonds is 6. The molecule has 0 atom stereocenters. The summed E-state index contributed by atoms with van der Waals surface area (Å²) < 4.78 is 17.2. The number of hydrogen-bond donors (Lipinski definition) is 0. The monoisotopic (exact) mass is 371 g/mol. The molecule has 136 valence electrons. The highest BCUT2D eigenvalue weighted by atomic mass is 32.1. The van der Waals surface area contributed by atoms with E-state index in [1.807, 2.05) is 54.7 Å². The van der Waals surface area contributed by atoms with Gasteiger partial charge in [0, 0.05) is 14.1 Å². The molecule has 0 fully saturated rings. The summed E-state index contributed by atoms with van der Waals surface area (Å²) in [7, 11) is 8.74. The van der Waals surface area contributed by atoms with Crippen molar-refractivity contribution in [2.45, 2.75) is 0 Å². The van der Waals surface area contributed by atoms with Gasteiger partial charge in [-0.2, -0.15) is 0 Å². The van der Waals surface area contributed by atoms with Crippen LogP contribution in [0.1, 0.15) is 11.4 Å². The normalized spacial score (nSPS) is 11.1. The molecule has 26 heavy (non-hydrogen) atoms. The van der Waals surface area contributed by atoms with Crippen LogP contribution in [-0.2, 0) is 0 Å². The highest BCUT2D eigenvalue weighted by molar-refractivity contribution is 7.17. The Morgan fingerprint density at radius 3 is 2.23 bits per heavy atom. The maximum Gasteiger partial charge on any atom is 0.203 e. The Kier molecular flexibility index (Phi) is 5.27. The van der Waals surface area contributed by atoms with E-state index in [0.717, 1.165) is 21.6 Å². The zero-order valence-corrected chi connectivity index (χ0v) is 16.3. The quantitative estimate of drug-likeness (QED) is 0.654. The lowest BCUT2D eigenvalue weighted by Crippen LogP contribution is -2.11. The van der Waals surface area contributed by atoms with E-state index < -0.39 is 0 Å². The second-order valence-corrected chi connectivity index (χ2v) is 6.64. The second kappa shape index (κ2) is 7.61. The van der Waals surface area contributed by atoms with Gasteiger partial charge in [-0.15, -0.1) is 11.3 Å². The number of benzene rings is 1. The average Bonchev–Trinajstić information content (AvgIpc) is 3.12. The van der Waals surface area contributed by atoms with Crippen LogP contribution in [0.2, 0.25) is 0 Å². The van der Waals surface area contributed by atoms with Gasteiger partial charge in [0.2, 0.25) is 5.75 Å². The molecule has 0 aliphatic heterocycles. The first-order chi connectivity index (χ1) is 12.6. The molecule has 0 spiro atoms. The maximum atomic E-state index is 5.39. The van der Waals surface area contributed by atoms with Gasteiger partial charge in [0.1, 0.15) is 5.82 Å². The van der Waals surface area contributed by atoms with E-state index in [9.17, 15) is 0 Å². The fourth-order valence-corrected chi connectivity index (χ4v) is 3.51. The molecule has 0 aliphatic carbocycles. The summed E-state index contributed by atoms with van der Waals surface area (Å²) in [5, 5.41) is 2.03. The van der Waals surface area contributed by atoms with Crippen LogP contribution in [0.25, 0.3) is 22.4 Å². The molecule has 6 nitrogen and oxygen atoms in total. The molecule has 7 heteroatoms. The molecule has 0 saturated heterocycles. The number of hydrogen-bond acceptors (Lipinski definition) is 7. The third-order valence-corrected chi connectivity index (χ3v) is 4.74. The fraction of sp³-hybridized carbons (Fsp3) is 0.263. The Hall–Kier alpha value is -2.80. The van der Waals surface area contributed by atoms with Crippen molar-refractivity contribution in [3.63, 3.8) is 0 Å². The van der Waals surface area contributed by atoms with Crippen LogP contribution in [0.3, 0.4) is 0 Å².